The minimum atomic E-state index is 0.728. The van der Waals surface area contributed by atoms with Crippen molar-refractivity contribution in [2.24, 2.45) is 0 Å². The predicted octanol–water partition coefficient (Wildman–Crippen LogP) is 3.13. The van der Waals surface area contributed by atoms with Crippen LogP contribution in [0.1, 0.15) is 5.56 Å². The average Bonchev–Trinajstić information content (AvgIpc) is 2.80. The molecule has 0 aliphatic heterocycles. The molecule has 2 rings (SSSR count). The normalized spacial score (nSPS) is 10.1. The Labute approximate surface area is 107 Å². The van der Waals surface area contributed by atoms with Crippen molar-refractivity contribution in [3.05, 3.63) is 48.8 Å². The topological polar surface area (TPSA) is 39.1 Å². The molecule has 0 bridgehead atoms. The van der Waals surface area contributed by atoms with Crippen LogP contribution >= 0.6 is 0 Å². The van der Waals surface area contributed by atoms with Gasteiger partial charge in [-0.25, -0.2) is 4.98 Å². The molecule has 0 saturated heterocycles. The Balaban J connectivity index is 2.27. The van der Waals surface area contributed by atoms with Gasteiger partial charge >= 0.3 is 0 Å². The number of nitrogens with zero attached hydrogens (tertiary/aromatic N) is 2. The molecule has 18 heavy (non-hydrogen) atoms. The van der Waals surface area contributed by atoms with Gasteiger partial charge in [-0.1, -0.05) is 12.1 Å². The van der Waals surface area contributed by atoms with Gasteiger partial charge in [-0.15, -0.1) is 6.58 Å². The highest BCUT2D eigenvalue weighted by Gasteiger charge is 2.05. The molecule has 0 atom stereocenters. The minimum absolute atomic E-state index is 0.728. The number of rotatable bonds is 5. The molecule has 94 valence electrons. The van der Waals surface area contributed by atoms with Crippen molar-refractivity contribution in [3.8, 4) is 5.75 Å². The number of nitrogens with one attached hydrogen (secondary N) is 1. The van der Waals surface area contributed by atoms with Crippen molar-refractivity contribution < 1.29 is 4.74 Å². The van der Waals surface area contributed by atoms with E-state index < -0.39 is 0 Å². The zero-order valence-electron chi connectivity index (χ0n) is 10.7. The molecular weight excluding hydrogens is 226 g/mol. The molecule has 0 fully saturated rings. The van der Waals surface area contributed by atoms with Crippen molar-refractivity contribution in [1.29, 1.82) is 0 Å². The lowest BCUT2D eigenvalue weighted by Gasteiger charge is -2.11. The van der Waals surface area contributed by atoms with E-state index in [9.17, 15) is 0 Å². The molecule has 0 spiro atoms. The molecule has 0 radical (unpaired) electrons. The Hall–Kier alpha value is -2.23. The van der Waals surface area contributed by atoms with Crippen LogP contribution in [0.4, 0.5) is 11.6 Å². The van der Waals surface area contributed by atoms with Crippen molar-refractivity contribution >= 4 is 11.6 Å². The van der Waals surface area contributed by atoms with Gasteiger partial charge < -0.3 is 14.6 Å². The van der Waals surface area contributed by atoms with Gasteiger partial charge in [-0.2, -0.15) is 0 Å². The second-order valence-corrected chi connectivity index (χ2v) is 4.00. The van der Waals surface area contributed by atoms with E-state index in [-0.39, 0.29) is 0 Å². The van der Waals surface area contributed by atoms with Crippen LogP contribution < -0.4 is 10.1 Å². The van der Waals surface area contributed by atoms with Gasteiger partial charge in [0.05, 0.1) is 7.11 Å². The fourth-order valence-corrected chi connectivity index (χ4v) is 1.70. The Morgan fingerprint density at radius 1 is 1.50 bits per heavy atom. The molecule has 2 aromatic rings. The lowest BCUT2D eigenvalue weighted by Crippen LogP contribution is -2.03. The van der Waals surface area contributed by atoms with E-state index in [2.05, 4.69) is 16.9 Å². The molecule has 1 aromatic heterocycles. The number of benzene rings is 1. The van der Waals surface area contributed by atoms with E-state index in [1.165, 1.54) is 0 Å². The maximum absolute atomic E-state index is 5.22. The summed E-state index contributed by atoms with van der Waals surface area (Å²) in [6.45, 7) is 6.50. The summed E-state index contributed by atoms with van der Waals surface area (Å²) in [5.74, 6) is 1.62. The highest BCUT2D eigenvalue weighted by Crippen LogP contribution is 2.24. The minimum Gasteiger partial charge on any atom is -0.497 e. The highest BCUT2D eigenvalue weighted by atomic mass is 16.5. The fraction of sp³-hybridized carbons (Fsp3) is 0.214. The number of aromatic nitrogens is 2. The summed E-state index contributed by atoms with van der Waals surface area (Å²) in [5, 5.41) is 3.30. The summed E-state index contributed by atoms with van der Waals surface area (Å²) in [6, 6.07) is 5.92. The second kappa shape index (κ2) is 5.40. The van der Waals surface area contributed by atoms with E-state index in [0.29, 0.717) is 0 Å². The molecule has 4 heteroatoms. The van der Waals surface area contributed by atoms with Gasteiger partial charge in [-0.3, -0.25) is 0 Å². The Bertz CT molecular complexity index is 546. The number of hydrogen-bond donors (Lipinski definition) is 1. The lowest BCUT2D eigenvalue weighted by molar-refractivity contribution is 0.415. The van der Waals surface area contributed by atoms with Gasteiger partial charge in [0.25, 0.3) is 0 Å². The smallest absolute Gasteiger partial charge is 0.207 e. The Morgan fingerprint density at radius 3 is 3.06 bits per heavy atom. The van der Waals surface area contributed by atoms with Gasteiger partial charge in [0.2, 0.25) is 5.95 Å². The number of hydrogen-bond acceptors (Lipinski definition) is 3. The summed E-state index contributed by atoms with van der Waals surface area (Å²) >= 11 is 0. The third-order valence-electron chi connectivity index (χ3n) is 2.73. The first-order valence-electron chi connectivity index (χ1n) is 5.78. The summed E-state index contributed by atoms with van der Waals surface area (Å²) in [5.41, 5.74) is 2.13. The van der Waals surface area contributed by atoms with Crippen molar-refractivity contribution in [1.82, 2.24) is 9.55 Å². The van der Waals surface area contributed by atoms with Crippen LogP contribution in [0, 0.1) is 6.92 Å². The van der Waals surface area contributed by atoms with E-state index >= 15 is 0 Å². The van der Waals surface area contributed by atoms with Crippen LogP contribution in [0.5, 0.6) is 5.75 Å². The largest absolute Gasteiger partial charge is 0.497 e. The summed E-state index contributed by atoms with van der Waals surface area (Å²) in [7, 11) is 1.66. The molecule has 4 nitrogen and oxygen atoms in total. The first kappa shape index (κ1) is 12.2. The van der Waals surface area contributed by atoms with Gasteiger partial charge in [0.15, 0.2) is 0 Å². The summed E-state index contributed by atoms with van der Waals surface area (Å²) < 4.78 is 7.22. The van der Waals surface area contributed by atoms with Crippen molar-refractivity contribution in [2.45, 2.75) is 13.5 Å². The Morgan fingerprint density at radius 2 is 2.33 bits per heavy atom. The van der Waals surface area contributed by atoms with Crippen LogP contribution in [-0.2, 0) is 6.54 Å². The van der Waals surface area contributed by atoms with Crippen LogP contribution in [0.25, 0.3) is 0 Å². The number of allylic oxidation sites excluding steroid dienone is 1. The maximum atomic E-state index is 5.22. The SMILES string of the molecule is C=CCn1ccnc1Nc1cc(OC)ccc1C. The fourth-order valence-electron chi connectivity index (χ4n) is 1.70. The lowest BCUT2D eigenvalue weighted by atomic mass is 10.2. The third-order valence-corrected chi connectivity index (χ3v) is 2.73. The third kappa shape index (κ3) is 2.53. The van der Waals surface area contributed by atoms with Crippen molar-refractivity contribution in [2.75, 3.05) is 12.4 Å². The van der Waals surface area contributed by atoms with E-state index in [1.54, 1.807) is 13.3 Å². The predicted molar refractivity (Wildman–Crippen MR) is 73.4 cm³/mol. The van der Waals surface area contributed by atoms with Crippen molar-refractivity contribution in [3.63, 3.8) is 0 Å². The van der Waals surface area contributed by atoms with Crippen LogP contribution in [-0.4, -0.2) is 16.7 Å². The van der Waals surface area contributed by atoms with E-state index in [1.807, 2.05) is 42.0 Å². The van der Waals surface area contributed by atoms with Gasteiger partial charge in [0, 0.05) is 30.7 Å². The summed E-state index contributed by atoms with van der Waals surface area (Å²) in [6.07, 6.45) is 5.52. The molecule has 1 heterocycles. The van der Waals surface area contributed by atoms with Gasteiger partial charge in [-0.05, 0) is 18.6 Å². The van der Waals surface area contributed by atoms with E-state index in [4.69, 9.17) is 4.74 Å². The van der Waals surface area contributed by atoms with Crippen LogP contribution in [0.2, 0.25) is 0 Å². The molecule has 0 saturated carbocycles. The van der Waals surface area contributed by atoms with E-state index in [0.717, 1.165) is 29.5 Å². The quantitative estimate of drug-likeness (QED) is 0.820. The number of anilines is 2. The summed E-state index contributed by atoms with van der Waals surface area (Å²) in [4.78, 5) is 4.29. The van der Waals surface area contributed by atoms with Crippen LogP contribution in [0.15, 0.2) is 43.2 Å². The highest BCUT2D eigenvalue weighted by molar-refractivity contribution is 5.61. The first-order valence-corrected chi connectivity index (χ1v) is 5.78. The molecule has 0 unspecified atom stereocenters. The average molecular weight is 243 g/mol. The zero-order valence-corrected chi connectivity index (χ0v) is 10.7. The molecule has 0 amide bonds. The zero-order chi connectivity index (χ0) is 13.0. The molecular formula is C14H17N3O. The number of aryl methyl sites for hydroxylation is 1. The standard InChI is InChI=1S/C14H17N3O/c1-4-8-17-9-7-15-14(17)16-13-10-12(18-3)6-5-11(13)2/h4-7,9-10H,1,8H2,2-3H3,(H,15,16). The molecule has 0 aliphatic rings. The number of ether oxygens (including phenoxy) is 1. The molecule has 1 N–H and O–H groups in total. The maximum Gasteiger partial charge on any atom is 0.207 e. The Kier molecular flexibility index (Phi) is 3.67. The second-order valence-electron chi connectivity index (χ2n) is 4.00. The molecule has 1 aromatic carbocycles. The monoisotopic (exact) mass is 243 g/mol. The molecule has 0 aliphatic carbocycles. The number of methoxy groups -OCH3 is 1. The van der Waals surface area contributed by atoms with Gasteiger partial charge in [0.1, 0.15) is 5.75 Å². The first-order chi connectivity index (χ1) is 8.74. The van der Waals surface area contributed by atoms with Crippen LogP contribution in [0.3, 0.4) is 0 Å². The number of imidazole rings is 1.